The molecular weight excluding hydrogens is 252 g/mol. The summed E-state index contributed by atoms with van der Waals surface area (Å²) < 4.78 is 1.65. The molecule has 0 N–H and O–H groups in total. The van der Waals surface area contributed by atoms with E-state index >= 15 is 0 Å². The van der Waals surface area contributed by atoms with Crippen molar-refractivity contribution in [3.63, 3.8) is 0 Å². The highest BCUT2D eigenvalue weighted by molar-refractivity contribution is 5.96. The number of nitrogens with zero attached hydrogens (tertiary/aromatic N) is 2. The van der Waals surface area contributed by atoms with Crippen LogP contribution in [0.3, 0.4) is 0 Å². The summed E-state index contributed by atoms with van der Waals surface area (Å²) in [5.74, 6) is 0. The van der Waals surface area contributed by atoms with E-state index in [2.05, 4.69) is 0 Å². The summed E-state index contributed by atoms with van der Waals surface area (Å²) in [7, 11) is 0. The molecule has 4 heteroatoms. The molecule has 20 heavy (non-hydrogen) atoms. The van der Waals surface area contributed by atoms with E-state index in [-0.39, 0.29) is 0 Å². The zero-order valence-electron chi connectivity index (χ0n) is 10.5. The molecule has 0 aliphatic carbocycles. The lowest BCUT2D eigenvalue weighted by atomic mass is 10.1. The monoisotopic (exact) mass is 262 g/mol. The first-order chi connectivity index (χ1) is 9.75. The number of hydrogen-bond acceptors (Lipinski definition) is 2. The predicted octanol–water partition coefficient (Wildman–Crippen LogP) is 3.21. The third kappa shape index (κ3) is 1.36. The van der Waals surface area contributed by atoms with E-state index in [0.29, 0.717) is 22.1 Å². The third-order valence-electron chi connectivity index (χ3n) is 3.60. The van der Waals surface area contributed by atoms with Gasteiger partial charge in [-0.15, -0.1) is 0 Å². The van der Waals surface area contributed by atoms with Crippen LogP contribution in [0.5, 0.6) is 0 Å². The minimum atomic E-state index is 0.380. The SMILES string of the molecule is O=[n+]1c2ccccc2n([O-])c2cc3ccccc3cc21. The molecule has 0 aliphatic rings. The fourth-order valence-electron chi connectivity index (χ4n) is 2.61. The minimum Gasteiger partial charge on any atom is -0.805 e. The van der Waals surface area contributed by atoms with Gasteiger partial charge < -0.3 is 9.94 Å². The second-order valence-electron chi connectivity index (χ2n) is 4.77. The number of aromatic nitrogens is 2. The minimum absolute atomic E-state index is 0.380. The lowest BCUT2D eigenvalue weighted by Crippen LogP contribution is -2.19. The molecule has 1 heterocycles. The second-order valence-corrected chi connectivity index (χ2v) is 4.77. The van der Waals surface area contributed by atoms with Gasteiger partial charge in [0.05, 0.1) is 4.43 Å². The van der Waals surface area contributed by atoms with Crippen molar-refractivity contribution < 1.29 is 4.43 Å². The first kappa shape index (κ1) is 11.0. The molecule has 0 unspecified atom stereocenters. The first-order valence-electron chi connectivity index (χ1n) is 6.32. The van der Waals surface area contributed by atoms with Gasteiger partial charge in [0.2, 0.25) is 0 Å². The van der Waals surface area contributed by atoms with Crippen molar-refractivity contribution in [3.8, 4) is 0 Å². The summed E-state index contributed by atoms with van der Waals surface area (Å²) in [6.45, 7) is 0. The van der Waals surface area contributed by atoms with Gasteiger partial charge in [-0.25, -0.2) is 0 Å². The van der Waals surface area contributed by atoms with Crippen molar-refractivity contribution >= 4 is 32.8 Å². The van der Waals surface area contributed by atoms with Crippen LogP contribution in [-0.4, -0.2) is 4.73 Å². The summed E-state index contributed by atoms with van der Waals surface area (Å²) >= 11 is 0. The summed E-state index contributed by atoms with van der Waals surface area (Å²) in [5.41, 5.74) is 1.53. The maximum absolute atomic E-state index is 12.4. The number of rotatable bonds is 0. The number of fused-ring (bicyclic) bond motifs is 3. The molecule has 4 rings (SSSR count). The van der Waals surface area contributed by atoms with Gasteiger partial charge in [0.15, 0.2) is 0 Å². The predicted molar refractivity (Wildman–Crippen MR) is 79.1 cm³/mol. The number of hydrogen-bond donors (Lipinski definition) is 0. The van der Waals surface area contributed by atoms with Crippen molar-refractivity contribution in [3.05, 3.63) is 70.8 Å². The molecular formula is C16H10N2O2. The third-order valence-corrected chi connectivity index (χ3v) is 3.60. The standard InChI is InChI=1S/C16H10N2O2/c19-17-13-7-3-4-8-14(13)18(20)16-10-12-6-2-1-5-11(12)9-15(16)17/h1-10H. The average molecular weight is 262 g/mol. The molecule has 1 aromatic heterocycles. The van der Waals surface area contributed by atoms with Gasteiger partial charge in [-0.2, -0.15) is 0 Å². The molecule has 0 saturated carbocycles. The van der Waals surface area contributed by atoms with Crippen LogP contribution in [0.1, 0.15) is 0 Å². The van der Waals surface area contributed by atoms with E-state index in [1.807, 2.05) is 24.3 Å². The van der Waals surface area contributed by atoms with E-state index in [1.54, 1.807) is 36.4 Å². The molecule has 0 spiro atoms. The van der Waals surface area contributed by atoms with Crippen LogP contribution in [0.25, 0.3) is 32.8 Å². The highest BCUT2D eigenvalue weighted by atomic mass is 16.5. The van der Waals surface area contributed by atoms with Crippen molar-refractivity contribution in [2.45, 2.75) is 0 Å². The van der Waals surface area contributed by atoms with Crippen LogP contribution in [-0.2, 0) is 0 Å². The fourth-order valence-corrected chi connectivity index (χ4v) is 2.61. The number of benzene rings is 3. The van der Waals surface area contributed by atoms with Crippen LogP contribution in [0.2, 0.25) is 0 Å². The summed E-state index contributed by atoms with van der Waals surface area (Å²) in [4.78, 5) is 12.4. The van der Waals surface area contributed by atoms with E-state index in [4.69, 9.17) is 0 Å². The molecule has 0 bridgehead atoms. The Hall–Kier alpha value is -2.88. The van der Waals surface area contributed by atoms with E-state index in [9.17, 15) is 10.1 Å². The first-order valence-corrected chi connectivity index (χ1v) is 6.32. The van der Waals surface area contributed by atoms with Gasteiger partial charge in [0, 0.05) is 17.0 Å². The highest BCUT2D eigenvalue weighted by Gasteiger charge is 2.15. The molecule has 0 atom stereocenters. The Morgan fingerprint density at radius 3 is 2.25 bits per heavy atom. The smallest absolute Gasteiger partial charge is 0.287 e. The van der Waals surface area contributed by atoms with Crippen molar-refractivity contribution in [2.24, 2.45) is 0 Å². The maximum Gasteiger partial charge on any atom is 0.287 e. The maximum atomic E-state index is 12.4. The van der Waals surface area contributed by atoms with Crippen molar-refractivity contribution in [1.29, 1.82) is 0 Å². The van der Waals surface area contributed by atoms with E-state index in [1.165, 1.54) is 0 Å². The van der Waals surface area contributed by atoms with Gasteiger partial charge in [-0.3, -0.25) is 0 Å². The Bertz CT molecular complexity index is 1030. The lowest BCUT2D eigenvalue weighted by molar-refractivity contribution is -0.432. The molecule has 0 aliphatic heterocycles. The van der Waals surface area contributed by atoms with Crippen LogP contribution in [0, 0.1) is 10.1 Å². The molecule has 96 valence electrons. The average Bonchev–Trinajstić information content (AvgIpc) is 2.51. The van der Waals surface area contributed by atoms with E-state index < -0.39 is 0 Å². The zero-order valence-corrected chi connectivity index (χ0v) is 10.5. The Balaban J connectivity index is 2.35. The lowest BCUT2D eigenvalue weighted by Gasteiger charge is -2.14. The zero-order chi connectivity index (χ0) is 13.7. The quantitative estimate of drug-likeness (QED) is 0.361. The van der Waals surface area contributed by atoms with Crippen LogP contribution >= 0.6 is 0 Å². The molecule has 0 amide bonds. The Morgan fingerprint density at radius 2 is 1.45 bits per heavy atom. The molecule has 4 aromatic rings. The normalized spacial score (nSPS) is 11.4. The summed E-state index contributed by atoms with van der Waals surface area (Å²) in [5, 5.41) is 14.3. The van der Waals surface area contributed by atoms with Crippen LogP contribution in [0.15, 0.2) is 60.7 Å². The van der Waals surface area contributed by atoms with Gasteiger partial charge in [0.25, 0.3) is 11.0 Å². The van der Waals surface area contributed by atoms with Gasteiger partial charge in [-0.05, 0) is 22.9 Å². The highest BCUT2D eigenvalue weighted by Crippen LogP contribution is 2.22. The second kappa shape index (κ2) is 3.81. The Labute approximate surface area is 113 Å². The molecule has 0 fully saturated rings. The topological polar surface area (TPSA) is 51.0 Å². The van der Waals surface area contributed by atoms with Crippen LogP contribution in [0.4, 0.5) is 0 Å². The van der Waals surface area contributed by atoms with Crippen LogP contribution < -0.4 is 4.43 Å². The molecule has 4 nitrogen and oxygen atoms in total. The molecule has 3 aromatic carbocycles. The molecule has 0 saturated heterocycles. The Morgan fingerprint density at radius 1 is 0.800 bits per heavy atom. The Kier molecular flexibility index (Phi) is 2.09. The fraction of sp³-hybridized carbons (Fsp3) is 0. The summed E-state index contributed by atoms with van der Waals surface area (Å²) in [6, 6.07) is 18.0. The number of para-hydroxylation sites is 2. The summed E-state index contributed by atoms with van der Waals surface area (Å²) in [6.07, 6.45) is 0. The van der Waals surface area contributed by atoms with E-state index in [0.717, 1.165) is 19.9 Å². The van der Waals surface area contributed by atoms with Gasteiger partial charge >= 0.3 is 0 Å². The molecule has 0 radical (unpaired) electrons. The van der Waals surface area contributed by atoms with Crippen molar-refractivity contribution in [2.75, 3.05) is 0 Å². The van der Waals surface area contributed by atoms with Gasteiger partial charge in [0.1, 0.15) is 11.0 Å². The largest absolute Gasteiger partial charge is 0.805 e. The van der Waals surface area contributed by atoms with Crippen molar-refractivity contribution in [1.82, 2.24) is 4.73 Å². The van der Waals surface area contributed by atoms with Gasteiger partial charge in [-0.1, -0.05) is 36.4 Å².